The van der Waals surface area contributed by atoms with Crippen LogP contribution in [0, 0.1) is 0 Å². The fourth-order valence-electron chi connectivity index (χ4n) is 3.43. The summed E-state index contributed by atoms with van der Waals surface area (Å²) in [6, 6.07) is 18.6. The van der Waals surface area contributed by atoms with Crippen molar-refractivity contribution in [2.45, 2.75) is 13.5 Å². The fourth-order valence-corrected chi connectivity index (χ4v) is 3.43. The second-order valence-electron chi connectivity index (χ2n) is 6.85. The summed E-state index contributed by atoms with van der Waals surface area (Å²) in [5.41, 5.74) is 3.14. The van der Waals surface area contributed by atoms with Crippen molar-refractivity contribution in [2.24, 2.45) is 14.1 Å². The van der Waals surface area contributed by atoms with Crippen LogP contribution < -0.4 is 16.0 Å². The average molecular weight is 390 g/mol. The third-order valence-corrected chi connectivity index (χ3v) is 4.99. The number of hydrogen-bond acceptors (Lipinski definition) is 4. The first kappa shape index (κ1) is 18.7. The zero-order chi connectivity index (χ0) is 20.5. The molecule has 0 fully saturated rings. The highest BCUT2D eigenvalue weighted by Crippen LogP contribution is 2.22. The maximum atomic E-state index is 12.8. The van der Waals surface area contributed by atoms with Crippen molar-refractivity contribution in [1.82, 2.24) is 18.7 Å². The molecule has 0 amide bonds. The number of rotatable bonds is 5. The van der Waals surface area contributed by atoms with Gasteiger partial charge in [0, 0.05) is 14.1 Å². The summed E-state index contributed by atoms with van der Waals surface area (Å²) in [6.45, 7) is 2.67. The van der Waals surface area contributed by atoms with Gasteiger partial charge in [0.1, 0.15) is 0 Å². The van der Waals surface area contributed by atoms with E-state index in [1.54, 1.807) is 11.6 Å². The van der Waals surface area contributed by atoms with Gasteiger partial charge in [0.15, 0.2) is 11.2 Å². The maximum absolute atomic E-state index is 12.8. The van der Waals surface area contributed by atoms with Crippen LogP contribution in [0.25, 0.3) is 22.3 Å². The summed E-state index contributed by atoms with van der Waals surface area (Å²) in [4.78, 5) is 29.5. The Balaban J connectivity index is 1.80. The molecule has 0 aliphatic rings. The number of aromatic nitrogens is 4. The lowest BCUT2D eigenvalue weighted by Gasteiger charge is -2.10. The lowest BCUT2D eigenvalue weighted by molar-refractivity contribution is 0.301. The Morgan fingerprint density at radius 1 is 0.897 bits per heavy atom. The molecule has 0 N–H and O–H groups in total. The molecule has 29 heavy (non-hydrogen) atoms. The molecule has 2 aromatic heterocycles. The highest BCUT2D eigenvalue weighted by Gasteiger charge is 2.20. The van der Waals surface area contributed by atoms with E-state index in [1.165, 1.54) is 11.6 Å². The molecule has 0 saturated heterocycles. The van der Waals surface area contributed by atoms with Crippen LogP contribution >= 0.6 is 0 Å². The molecule has 4 rings (SSSR count). The SMILES string of the molecule is CCOc1nc2c(c(=O)n(C)c(=O)n2C)n1Cc1ccc(-c2ccccc2)cc1. The highest BCUT2D eigenvalue weighted by atomic mass is 16.5. The van der Waals surface area contributed by atoms with E-state index in [2.05, 4.69) is 29.2 Å². The molecule has 148 valence electrons. The van der Waals surface area contributed by atoms with Gasteiger partial charge in [0.25, 0.3) is 11.6 Å². The zero-order valence-electron chi connectivity index (χ0n) is 16.6. The van der Waals surface area contributed by atoms with Gasteiger partial charge < -0.3 is 4.74 Å². The number of imidazole rings is 1. The van der Waals surface area contributed by atoms with Gasteiger partial charge in [-0.25, -0.2) is 4.79 Å². The van der Waals surface area contributed by atoms with Gasteiger partial charge in [-0.05, 0) is 23.6 Å². The monoisotopic (exact) mass is 390 g/mol. The van der Waals surface area contributed by atoms with Crippen LogP contribution in [0.1, 0.15) is 12.5 Å². The van der Waals surface area contributed by atoms with E-state index in [4.69, 9.17) is 4.74 Å². The molecule has 0 bridgehead atoms. The Kier molecular flexibility index (Phi) is 4.80. The Bertz CT molecular complexity index is 1280. The maximum Gasteiger partial charge on any atom is 0.332 e. The first-order valence-electron chi connectivity index (χ1n) is 9.44. The number of ether oxygens (including phenoxy) is 1. The molecule has 2 aromatic carbocycles. The van der Waals surface area contributed by atoms with Gasteiger partial charge in [-0.1, -0.05) is 54.6 Å². The number of fused-ring (bicyclic) bond motifs is 1. The summed E-state index contributed by atoms with van der Waals surface area (Å²) < 4.78 is 9.86. The summed E-state index contributed by atoms with van der Waals surface area (Å²) >= 11 is 0. The van der Waals surface area contributed by atoms with Gasteiger partial charge >= 0.3 is 5.69 Å². The molecule has 0 unspecified atom stereocenters. The Morgan fingerprint density at radius 2 is 1.55 bits per heavy atom. The van der Waals surface area contributed by atoms with Crippen molar-refractivity contribution >= 4 is 11.2 Å². The van der Waals surface area contributed by atoms with Crippen LogP contribution in [0.5, 0.6) is 6.01 Å². The lowest BCUT2D eigenvalue weighted by Crippen LogP contribution is -2.37. The molecule has 4 aromatic rings. The molecule has 7 nitrogen and oxygen atoms in total. The normalized spacial score (nSPS) is 11.1. The molecule has 0 saturated carbocycles. The van der Waals surface area contributed by atoms with Gasteiger partial charge in [-0.3, -0.25) is 18.5 Å². The predicted octanol–water partition coefficient (Wildman–Crippen LogP) is 2.55. The predicted molar refractivity (Wildman–Crippen MR) is 112 cm³/mol. The topological polar surface area (TPSA) is 71.1 Å². The van der Waals surface area contributed by atoms with Crippen LogP contribution in [0.2, 0.25) is 0 Å². The summed E-state index contributed by atoms with van der Waals surface area (Å²) in [5.74, 6) is 0. The third-order valence-electron chi connectivity index (χ3n) is 4.99. The van der Waals surface area contributed by atoms with Gasteiger partial charge in [-0.15, -0.1) is 0 Å². The van der Waals surface area contributed by atoms with E-state index in [1.807, 2.05) is 37.3 Å². The quantitative estimate of drug-likeness (QED) is 0.525. The zero-order valence-corrected chi connectivity index (χ0v) is 16.6. The molecule has 0 atom stereocenters. The minimum atomic E-state index is -0.414. The van der Waals surface area contributed by atoms with E-state index in [-0.39, 0.29) is 5.56 Å². The molecular weight excluding hydrogens is 368 g/mol. The highest BCUT2D eigenvalue weighted by molar-refractivity contribution is 5.72. The number of hydrogen-bond donors (Lipinski definition) is 0. The molecular formula is C22H22N4O3. The van der Waals surface area contributed by atoms with Crippen molar-refractivity contribution < 1.29 is 4.74 Å². The fraction of sp³-hybridized carbons (Fsp3) is 0.227. The van der Waals surface area contributed by atoms with Crippen LogP contribution in [-0.2, 0) is 20.6 Å². The molecule has 0 radical (unpaired) electrons. The van der Waals surface area contributed by atoms with Crippen molar-refractivity contribution in [3.63, 3.8) is 0 Å². The number of benzene rings is 2. The van der Waals surface area contributed by atoms with E-state index >= 15 is 0 Å². The number of nitrogens with zero attached hydrogens (tertiary/aromatic N) is 4. The Morgan fingerprint density at radius 3 is 2.21 bits per heavy atom. The van der Waals surface area contributed by atoms with Gasteiger partial charge in [-0.2, -0.15) is 4.98 Å². The van der Waals surface area contributed by atoms with Crippen molar-refractivity contribution in [2.75, 3.05) is 6.61 Å². The third kappa shape index (κ3) is 3.24. The van der Waals surface area contributed by atoms with Crippen LogP contribution in [0.15, 0.2) is 64.2 Å². The van der Waals surface area contributed by atoms with Crippen LogP contribution in [0.4, 0.5) is 0 Å². The first-order chi connectivity index (χ1) is 14.0. The Hall–Kier alpha value is -3.61. The van der Waals surface area contributed by atoms with Crippen LogP contribution in [-0.4, -0.2) is 25.3 Å². The molecule has 2 heterocycles. The minimum absolute atomic E-state index is 0.322. The van der Waals surface area contributed by atoms with Gasteiger partial charge in [0.2, 0.25) is 0 Å². The van der Waals surface area contributed by atoms with Crippen molar-refractivity contribution in [3.05, 3.63) is 81.0 Å². The first-order valence-corrected chi connectivity index (χ1v) is 9.44. The average Bonchev–Trinajstić information content (AvgIpc) is 3.10. The molecule has 0 spiro atoms. The van der Waals surface area contributed by atoms with E-state index < -0.39 is 5.69 Å². The molecule has 7 heteroatoms. The van der Waals surface area contributed by atoms with Gasteiger partial charge in [0.05, 0.1) is 13.2 Å². The minimum Gasteiger partial charge on any atom is -0.465 e. The summed E-state index contributed by atoms with van der Waals surface area (Å²) in [6.07, 6.45) is 0. The van der Waals surface area contributed by atoms with E-state index in [9.17, 15) is 9.59 Å². The standard InChI is InChI=1S/C22H22N4O3/c1-4-29-21-23-19-18(20(27)25(3)22(28)24(19)2)26(21)14-15-10-12-17(13-11-15)16-8-6-5-7-9-16/h5-13H,4,14H2,1-3H3. The second-order valence-corrected chi connectivity index (χ2v) is 6.85. The summed E-state index contributed by atoms with van der Waals surface area (Å²) in [7, 11) is 3.07. The molecule has 0 aliphatic heterocycles. The van der Waals surface area contributed by atoms with Crippen molar-refractivity contribution in [1.29, 1.82) is 0 Å². The number of aryl methyl sites for hydroxylation is 1. The van der Waals surface area contributed by atoms with E-state index in [0.29, 0.717) is 30.3 Å². The summed E-state index contributed by atoms with van der Waals surface area (Å²) in [5, 5.41) is 0. The largest absolute Gasteiger partial charge is 0.465 e. The second kappa shape index (κ2) is 7.43. The van der Waals surface area contributed by atoms with Crippen molar-refractivity contribution in [3.8, 4) is 17.1 Å². The molecule has 0 aliphatic carbocycles. The Labute approximate surface area is 167 Å². The van der Waals surface area contributed by atoms with E-state index in [0.717, 1.165) is 21.3 Å². The smallest absolute Gasteiger partial charge is 0.332 e. The lowest BCUT2D eigenvalue weighted by atomic mass is 10.0. The van der Waals surface area contributed by atoms with Crippen LogP contribution in [0.3, 0.4) is 0 Å².